The SMILES string of the molecule is CC(C)(C)OC(=O)NCC[C@@H](C=O)NCC1Nc2ccccc2CC1O. The van der Waals surface area contributed by atoms with E-state index in [4.69, 9.17) is 4.74 Å². The Balaban J connectivity index is 1.75. The molecule has 1 heterocycles. The van der Waals surface area contributed by atoms with Gasteiger partial charge >= 0.3 is 6.09 Å². The third kappa shape index (κ3) is 6.31. The molecule has 0 radical (unpaired) electrons. The molecule has 2 unspecified atom stereocenters. The molecule has 0 aromatic heterocycles. The summed E-state index contributed by atoms with van der Waals surface area (Å²) in [5, 5.41) is 19.4. The van der Waals surface area contributed by atoms with Crippen LogP contribution in [-0.4, -0.2) is 54.4 Å². The molecule has 1 aliphatic heterocycles. The molecular weight excluding hydrogens is 334 g/mol. The molecule has 0 aliphatic carbocycles. The number of nitrogens with one attached hydrogen (secondary N) is 3. The minimum absolute atomic E-state index is 0.175. The molecule has 0 spiro atoms. The number of fused-ring (bicyclic) bond motifs is 1. The lowest BCUT2D eigenvalue weighted by molar-refractivity contribution is -0.109. The van der Waals surface area contributed by atoms with Crippen molar-refractivity contribution in [2.24, 2.45) is 0 Å². The van der Waals surface area contributed by atoms with Crippen molar-refractivity contribution in [3.8, 4) is 0 Å². The van der Waals surface area contributed by atoms with Gasteiger partial charge in [0.05, 0.1) is 18.2 Å². The number of rotatable bonds is 7. The average molecular weight is 363 g/mol. The molecule has 1 aromatic rings. The minimum atomic E-state index is -0.550. The highest BCUT2D eigenvalue weighted by molar-refractivity contribution is 5.67. The molecule has 1 aromatic carbocycles. The molecule has 3 atom stereocenters. The summed E-state index contributed by atoms with van der Waals surface area (Å²) in [4.78, 5) is 22.9. The Labute approximate surface area is 154 Å². The van der Waals surface area contributed by atoms with Gasteiger partial charge < -0.3 is 30.6 Å². The number of carbonyl (C=O) groups is 2. The maximum absolute atomic E-state index is 11.6. The van der Waals surface area contributed by atoms with E-state index in [-0.39, 0.29) is 6.04 Å². The van der Waals surface area contributed by atoms with E-state index >= 15 is 0 Å². The number of amides is 1. The zero-order valence-electron chi connectivity index (χ0n) is 15.6. The monoisotopic (exact) mass is 363 g/mol. The molecule has 1 amide bonds. The maximum Gasteiger partial charge on any atom is 0.407 e. The van der Waals surface area contributed by atoms with E-state index in [1.165, 1.54) is 0 Å². The lowest BCUT2D eigenvalue weighted by atomic mass is 9.95. The van der Waals surface area contributed by atoms with Gasteiger partial charge in [-0.15, -0.1) is 0 Å². The van der Waals surface area contributed by atoms with E-state index in [9.17, 15) is 14.7 Å². The molecule has 4 N–H and O–H groups in total. The number of ether oxygens (including phenoxy) is 1. The van der Waals surface area contributed by atoms with E-state index in [1.807, 2.05) is 24.3 Å². The third-order valence-electron chi connectivity index (χ3n) is 4.14. The van der Waals surface area contributed by atoms with E-state index in [0.717, 1.165) is 17.5 Å². The molecule has 0 saturated heterocycles. The molecule has 0 saturated carbocycles. The van der Waals surface area contributed by atoms with Crippen LogP contribution in [0.4, 0.5) is 10.5 Å². The van der Waals surface area contributed by atoms with Crippen molar-refractivity contribution < 1.29 is 19.4 Å². The molecular formula is C19H29N3O4. The summed E-state index contributed by atoms with van der Waals surface area (Å²) in [6.45, 7) is 6.16. The Morgan fingerprint density at radius 1 is 1.42 bits per heavy atom. The number of hydrogen-bond acceptors (Lipinski definition) is 6. The number of aliphatic hydroxyl groups excluding tert-OH is 1. The van der Waals surface area contributed by atoms with Crippen molar-refractivity contribution in [1.29, 1.82) is 0 Å². The Hall–Kier alpha value is -2.12. The number of aliphatic hydroxyl groups is 1. The lowest BCUT2D eigenvalue weighted by Crippen LogP contribution is -2.49. The zero-order chi connectivity index (χ0) is 19.2. The highest BCUT2D eigenvalue weighted by Gasteiger charge is 2.26. The van der Waals surface area contributed by atoms with Crippen LogP contribution in [0.3, 0.4) is 0 Å². The summed E-state index contributed by atoms with van der Waals surface area (Å²) in [5.41, 5.74) is 1.55. The van der Waals surface area contributed by atoms with E-state index in [1.54, 1.807) is 20.8 Å². The van der Waals surface area contributed by atoms with Crippen LogP contribution in [0, 0.1) is 0 Å². The van der Waals surface area contributed by atoms with Gasteiger partial charge in [-0.2, -0.15) is 0 Å². The van der Waals surface area contributed by atoms with Gasteiger partial charge in [0.25, 0.3) is 0 Å². The molecule has 7 nitrogen and oxygen atoms in total. The van der Waals surface area contributed by atoms with Crippen LogP contribution in [0.2, 0.25) is 0 Å². The summed E-state index contributed by atoms with van der Waals surface area (Å²) in [6.07, 6.45) is 0.830. The smallest absolute Gasteiger partial charge is 0.407 e. The summed E-state index contributed by atoms with van der Waals surface area (Å²) in [7, 11) is 0. The number of para-hydroxylation sites is 1. The van der Waals surface area contributed by atoms with Gasteiger partial charge in [0.15, 0.2) is 0 Å². The molecule has 26 heavy (non-hydrogen) atoms. The second kappa shape index (κ2) is 9.00. The minimum Gasteiger partial charge on any atom is -0.444 e. The lowest BCUT2D eigenvalue weighted by Gasteiger charge is -2.32. The van der Waals surface area contributed by atoms with Crippen molar-refractivity contribution >= 4 is 18.1 Å². The molecule has 0 fully saturated rings. The number of anilines is 1. The number of aldehydes is 1. The van der Waals surface area contributed by atoms with Crippen molar-refractivity contribution in [1.82, 2.24) is 10.6 Å². The third-order valence-corrected chi connectivity index (χ3v) is 4.14. The van der Waals surface area contributed by atoms with Crippen LogP contribution in [0.15, 0.2) is 24.3 Å². The first kappa shape index (κ1) is 20.2. The molecule has 7 heteroatoms. The van der Waals surface area contributed by atoms with Crippen LogP contribution in [-0.2, 0) is 16.0 Å². The van der Waals surface area contributed by atoms with Crippen LogP contribution in [0.1, 0.15) is 32.8 Å². The predicted octanol–water partition coefficient (Wildman–Crippen LogP) is 1.46. The quantitative estimate of drug-likeness (QED) is 0.547. The first-order chi connectivity index (χ1) is 12.3. The van der Waals surface area contributed by atoms with Crippen LogP contribution < -0.4 is 16.0 Å². The molecule has 2 rings (SSSR count). The number of carbonyl (C=O) groups excluding carboxylic acids is 2. The summed E-state index contributed by atoms with van der Waals surface area (Å²) in [6, 6.07) is 7.29. The van der Waals surface area contributed by atoms with Gasteiger partial charge in [-0.3, -0.25) is 0 Å². The van der Waals surface area contributed by atoms with Crippen molar-refractivity contribution in [3.05, 3.63) is 29.8 Å². The van der Waals surface area contributed by atoms with Crippen LogP contribution in [0.5, 0.6) is 0 Å². The van der Waals surface area contributed by atoms with Crippen molar-refractivity contribution in [2.45, 2.75) is 57.4 Å². The van der Waals surface area contributed by atoms with E-state index in [2.05, 4.69) is 16.0 Å². The second-order valence-corrected chi connectivity index (χ2v) is 7.55. The van der Waals surface area contributed by atoms with Crippen LogP contribution in [0.25, 0.3) is 0 Å². The van der Waals surface area contributed by atoms with Gasteiger partial charge in [-0.1, -0.05) is 18.2 Å². The summed E-state index contributed by atoms with van der Waals surface area (Å²) >= 11 is 0. The van der Waals surface area contributed by atoms with Gasteiger partial charge in [-0.05, 0) is 38.8 Å². The fourth-order valence-corrected chi connectivity index (χ4v) is 2.83. The van der Waals surface area contributed by atoms with E-state index in [0.29, 0.717) is 25.9 Å². The number of hydrogen-bond donors (Lipinski definition) is 4. The van der Waals surface area contributed by atoms with Crippen molar-refractivity contribution in [3.63, 3.8) is 0 Å². The topological polar surface area (TPSA) is 99.7 Å². The first-order valence-corrected chi connectivity index (χ1v) is 8.96. The predicted molar refractivity (Wildman–Crippen MR) is 100 cm³/mol. The Kier molecular flexibility index (Phi) is 6.99. The largest absolute Gasteiger partial charge is 0.444 e. The normalized spacial score (nSPS) is 20.5. The van der Waals surface area contributed by atoms with Gasteiger partial charge in [0.1, 0.15) is 11.9 Å². The molecule has 144 valence electrons. The number of benzene rings is 1. The standard InChI is InChI=1S/C19H29N3O4/c1-19(2,3)26-18(25)20-9-8-14(12-23)21-11-16-17(24)10-13-6-4-5-7-15(13)22-16/h4-7,12,14,16-17,21-22,24H,8-11H2,1-3H3,(H,20,25)/t14-,16?,17?/m0/s1. The molecule has 0 bridgehead atoms. The Morgan fingerprint density at radius 3 is 2.85 bits per heavy atom. The maximum atomic E-state index is 11.6. The highest BCUT2D eigenvalue weighted by Crippen LogP contribution is 2.24. The second-order valence-electron chi connectivity index (χ2n) is 7.55. The zero-order valence-corrected chi connectivity index (χ0v) is 15.6. The van der Waals surface area contributed by atoms with Gasteiger partial charge in [0.2, 0.25) is 0 Å². The van der Waals surface area contributed by atoms with Gasteiger partial charge in [-0.25, -0.2) is 4.79 Å². The van der Waals surface area contributed by atoms with Crippen LogP contribution >= 0.6 is 0 Å². The average Bonchev–Trinajstić information content (AvgIpc) is 2.56. The van der Waals surface area contributed by atoms with E-state index < -0.39 is 23.8 Å². The molecule has 1 aliphatic rings. The first-order valence-electron chi connectivity index (χ1n) is 8.96. The fraction of sp³-hybridized carbons (Fsp3) is 0.579. The highest BCUT2D eigenvalue weighted by atomic mass is 16.6. The summed E-state index contributed by atoms with van der Waals surface area (Å²) in [5.74, 6) is 0. The van der Waals surface area contributed by atoms with Crippen molar-refractivity contribution in [2.75, 3.05) is 18.4 Å². The Bertz CT molecular complexity index is 615. The number of alkyl carbamates (subject to hydrolysis) is 1. The Morgan fingerprint density at radius 2 is 2.15 bits per heavy atom. The van der Waals surface area contributed by atoms with Gasteiger partial charge in [0, 0.05) is 25.2 Å². The fourth-order valence-electron chi connectivity index (χ4n) is 2.83. The summed E-state index contributed by atoms with van der Waals surface area (Å²) < 4.78 is 5.15.